The highest BCUT2D eigenvalue weighted by atomic mass is 32.1. The second-order valence-electron chi connectivity index (χ2n) is 5.34. The third kappa shape index (κ3) is 3.78. The maximum Gasteiger partial charge on any atom is 0.351 e. The second kappa shape index (κ2) is 7.88. The number of urea groups is 1. The molecule has 0 spiro atoms. The van der Waals surface area contributed by atoms with Gasteiger partial charge < -0.3 is 20.1 Å². The summed E-state index contributed by atoms with van der Waals surface area (Å²) in [5, 5.41) is 6.30. The van der Waals surface area contributed by atoms with Gasteiger partial charge in [-0.3, -0.25) is 0 Å². The summed E-state index contributed by atoms with van der Waals surface area (Å²) in [7, 11) is 1.34. The lowest BCUT2D eigenvalue weighted by molar-refractivity contribution is 0.0602. The van der Waals surface area contributed by atoms with Gasteiger partial charge in [0.1, 0.15) is 0 Å². The van der Waals surface area contributed by atoms with Crippen molar-refractivity contribution in [2.24, 2.45) is 0 Å². The maximum absolute atomic E-state index is 12.2. The van der Waals surface area contributed by atoms with Gasteiger partial charge in [-0.1, -0.05) is 18.2 Å². The third-order valence-corrected chi connectivity index (χ3v) is 4.72. The predicted molar refractivity (Wildman–Crippen MR) is 103 cm³/mol. The molecule has 3 rings (SSSR count). The lowest BCUT2D eigenvalue weighted by Crippen LogP contribution is -2.19. The first kappa shape index (κ1) is 17.8. The van der Waals surface area contributed by atoms with Gasteiger partial charge in [-0.15, -0.1) is 11.3 Å². The number of fused-ring (bicyclic) bond motifs is 1. The van der Waals surface area contributed by atoms with Crippen LogP contribution in [-0.2, 0) is 4.74 Å². The number of amides is 2. The molecule has 0 fully saturated rings. The van der Waals surface area contributed by atoms with Crippen LogP contribution in [0.1, 0.15) is 16.6 Å². The van der Waals surface area contributed by atoms with Crippen LogP contribution in [0.15, 0.2) is 48.5 Å². The summed E-state index contributed by atoms with van der Waals surface area (Å²) >= 11 is 1.30. The molecule has 2 amide bonds. The predicted octanol–water partition coefficient (Wildman–Crippen LogP) is 4.73. The van der Waals surface area contributed by atoms with Crippen LogP contribution in [0.4, 0.5) is 16.2 Å². The Hall–Kier alpha value is -3.06. The van der Waals surface area contributed by atoms with Gasteiger partial charge in [-0.05, 0) is 37.3 Å². The molecule has 0 aliphatic heterocycles. The van der Waals surface area contributed by atoms with Crippen molar-refractivity contribution in [1.82, 2.24) is 0 Å². The van der Waals surface area contributed by atoms with Crippen molar-refractivity contribution in [3.63, 3.8) is 0 Å². The molecule has 0 unspecified atom stereocenters. The first-order chi connectivity index (χ1) is 12.6. The number of rotatable bonds is 5. The number of esters is 1. The van der Waals surface area contributed by atoms with E-state index in [1.807, 2.05) is 31.2 Å². The van der Waals surface area contributed by atoms with E-state index in [-0.39, 0.29) is 6.03 Å². The molecule has 0 radical (unpaired) electrons. The molecular weight excluding hydrogens is 352 g/mol. The number of carbonyl (C=O) groups excluding carboxylic acids is 2. The molecule has 0 aliphatic rings. The van der Waals surface area contributed by atoms with Crippen molar-refractivity contribution in [2.45, 2.75) is 6.92 Å². The van der Waals surface area contributed by atoms with E-state index in [1.54, 1.807) is 24.3 Å². The Bertz CT molecular complexity index is 937. The molecule has 0 atom stereocenters. The molecule has 134 valence electrons. The number of hydrogen-bond acceptors (Lipinski definition) is 5. The molecule has 0 bridgehead atoms. The van der Waals surface area contributed by atoms with Crippen molar-refractivity contribution in [3.8, 4) is 5.75 Å². The minimum atomic E-state index is -0.439. The highest BCUT2D eigenvalue weighted by Crippen LogP contribution is 2.39. The van der Waals surface area contributed by atoms with Crippen molar-refractivity contribution in [3.05, 3.63) is 53.4 Å². The van der Waals surface area contributed by atoms with Crippen LogP contribution in [-0.4, -0.2) is 25.7 Å². The molecule has 2 aromatic carbocycles. The zero-order chi connectivity index (χ0) is 18.5. The molecule has 2 N–H and O–H groups in total. The first-order valence-electron chi connectivity index (χ1n) is 8.03. The number of anilines is 2. The van der Waals surface area contributed by atoms with Crippen molar-refractivity contribution < 1.29 is 19.1 Å². The summed E-state index contributed by atoms with van der Waals surface area (Å²) in [5.41, 5.74) is 1.30. The smallest absolute Gasteiger partial charge is 0.351 e. The summed E-state index contributed by atoms with van der Waals surface area (Å²) in [6.45, 7) is 2.27. The molecule has 3 aromatic rings. The lowest BCUT2D eigenvalue weighted by atomic mass is 10.2. The topological polar surface area (TPSA) is 76.7 Å². The van der Waals surface area contributed by atoms with Crippen LogP contribution in [0.3, 0.4) is 0 Å². The number of carbonyl (C=O) groups is 2. The van der Waals surface area contributed by atoms with E-state index in [1.165, 1.54) is 18.4 Å². The average molecular weight is 370 g/mol. The van der Waals surface area contributed by atoms with E-state index in [9.17, 15) is 9.59 Å². The van der Waals surface area contributed by atoms with E-state index in [4.69, 9.17) is 9.47 Å². The van der Waals surface area contributed by atoms with Gasteiger partial charge in [-0.2, -0.15) is 0 Å². The zero-order valence-electron chi connectivity index (χ0n) is 14.4. The largest absolute Gasteiger partial charge is 0.491 e. The average Bonchev–Trinajstić information content (AvgIpc) is 3.00. The zero-order valence-corrected chi connectivity index (χ0v) is 15.2. The van der Waals surface area contributed by atoms with Crippen LogP contribution in [0.25, 0.3) is 10.1 Å². The van der Waals surface area contributed by atoms with E-state index < -0.39 is 5.97 Å². The summed E-state index contributed by atoms with van der Waals surface area (Å²) < 4.78 is 11.4. The van der Waals surface area contributed by atoms with Crippen LogP contribution >= 0.6 is 11.3 Å². The number of thiophene rings is 1. The molecule has 6 nitrogen and oxygen atoms in total. The molecule has 7 heteroatoms. The van der Waals surface area contributed by atoms with Gasteiger partial charge in [0, 0.05) is 21.5 Å². The fourth-order valence-electron chi connectivity index (χ4n) is 2.48. The monoisotopic (exact) mass is 370 g/mol. The fraction of sp³-hybridized carbons (Fsp3) is 0.158. The number of para-hydroxylation sites is 1. The minimum absolute atomic E-state index is 0.350. The number of nitrogens with one attached hydrogen (secondary N) is 2. The highest BCUT2D eigenvalue weighted by Gasteiger charge is 2.20. The summed E-state index contributed by atoms with van der Waals surface area (Å²) in [4.78, 5) is 24.5. The molecular formula is C19H18N2O4S. The first-order valence-corrected chi connectivity index (χ1v) is 8.84. The maximum atomic E-state index is 12.2. The minimum Gasteiger partial charge on any atom is -0.491 e. The molecule has 0 aliphatic carbocycles. The standard InChI is InChI=1S/C19H18N2O4S/c1-3-25-16-14-11-13(9-10-15(14)26-17(16)18(22)24-2)21-19(23)20-12-7-5-4-6-8-12/h4-11H,3H2,1-2H3,(H2,20,21,23). The Kier molecular flexibility index (Phi) is 5.38. The second-order valence-corrected chi connectivity index (χ2v) is 6.39. The number of ether oxygens (including phenoxy) is 2. The van der Waals surface area contributed by atoms with E-state index in [2.05, 4.69) is 10.6 Å². The van der Waals surface area contributed by atoms with Gasteiger partial charge in [0.25, 0.3) is 0 Å². The number of methoxy groups -OCH3 is 1. The van der Waals surface area contributed by atoms with Crippen LogP contribution in [0, 0.1) is 0 Å². The number of hydrogen-bond donors (Lipinski definition) is 2. The van der Waals surface area contributed by atoms with E-state index in [0.29, 0.717) is 28.6 Å². The highest BCUT2D eigenvalue weighted by molar-refractivity contribution is 7.21. The normalized spacial score (nSPS) is 10.4. The van der Waals surface area contributed by atoms with Crippen molar-refractivity contribution in [2.75, 3.05) is 24.4 Å². The summed E-state index contributed by atoms with van der Waals surface area (Å²) in [6, 6.07) is 14.2. The summed E-state index contributed by atoms with van der Waals surface area (Å²) in [6.07, 6.45) is 0. The van der Waals surface area contributed by atoms with Crippen LogP contribution < -0.4 is 15.4 Å². The SMILES string of the molecule is CCOc1c(C(=O)OC)sc2ccc(NC(=O)Nc3ccccc3)cc12. The van der Waals surface area contributed by atoms with Gasteiger partial charge in [0.2, 0.25) is 0 Å². The lowest BCUT2D eigenvalue weighted by Gasteiger charge is -2.08. The van der Waals surface area contributed by atoms with Gasteiger partial charge in [0.15, 0.2) is 10.6 Å². The quantitative estimate of drug-likeness (QED) is 0.637. The van der Waals surface area contributed by atoms with Gasteiger partial charge in [0.05, 0.1) is 13.7 Å². The van der Waals surface area contributed by atoms with Gasteiger partial charge >= 0.3 is 12.0 Å². The van der Waals surface area contributed by atoms with Crippen molar-refractivity contribution in [1.29, 1.82) is 0 Å². The van der Waals surface area contributed by atoms with Crippen LogP contribution in [0.5, 0.6) is 5.75 Å². The Morgan fingerprint density at radius 3 is 2.46 bits per heavy atom. The molecule has 26 heavy (non-hydrogen) atoms. The number of benzene rings is 2. The summed E-state index contributed by atoms with van der Waals surface area (Å²) in [5.74, 6) is 0.0393. The Balaban J connectivity index is 1.87. The Morgan fingerprint density at radius 2 is 1.77 bits per heavy atom. The van der Waals surface area contributed by atoms with E-state index >= 15 is 0 Å². The fourth-order valence-corrected chi connectivity index (χ4v) is 3.53. The van der Waals surface area contributed by atoms with Gasteiger partial charge in [-0.25, -0.2) is 9.59 Å². The Morgan fingerprint density at radius 1 is 1.04 bits per heavy atom. The Labute approximate surface area is 154 Å². The van der Waals surface area contributed by atoms with Crippen molar-refractivity contribution >= 4 is 44.8 Å². The van der Waals surface area contributed by atoms with E-state index in [0.717, 1.165) is 10.1 Å². The molecule has 0 saturated heterocycles. The van der Waals surface area contributed by atoms with Crippen LogP contribution in [0.2, 0.25) is 0 Å². The molecule has 1 aromatic heterocycles. The molecule has 1 heterocycles. The molecule has 0 saturated carbocycles. The third-order valence-electron chi connectivity index (χ3n) is 3.59.